The minimum absolute atomic E-state index is 0.167. The van der Waals surface area contributed by atoms with E-state index in [0.717, 1.165) is 19.3 Å². The van der Waals surface area contributed by atoms with E-state index in [4.69, 9.17) is 0 Å². The molecule has 0 aliphatic carbocycles. The van der Waals surface area contributed by atoms with Crippen LogP contribution in [0, 0.1) is 0 Å². The first-order valence-electron chi connectivity index (χ1n) is 3.97. The van der Waals surface area contributed by atoms with Gasteiger partial charge in [-0.3, -0.25) is 0 Å². The molecule has 2 nitrogen and oxygen atoms in total. The Labute approximate surface area is 69.0 Å². The van der Waals surface area contributed by atoms with E-state index in [2.05, 4.69) is 6.92 Å². The van der Waals surface area contributed by atoms with E-state index in [1.807, 2.05) is 0 Å². The van der Waals surface area contributed by atoms with Gasteiger partial charge in [0, 0.05) is 6.42 Å². The average Bonchev–Trinajstić information content (AvgIpc) is 1.82. The molecule has 2 heteroatoms. The van der Waals surface area contributed by atoms with Gasteiger partial charge < -0.3 is 9.59 Å². The third-order valence-electron chi connectivity index (χ3n) is 0.882. The SMILES string of the molecule is CC(C)=O.CCCCC(C)=O. The summed E-state index contributed by atoms with van der Waals surface area (Å²) in [6, 6.07) is 0. The summed E-state index contributed by atoms with van der Waals surface area (Å²) >= 11 is 0. The highest BCUT2D eigenvalue weighted by atomic mass is 16.1. The van der Waals surface area contributed by atoms with Crippen molar-refractivity contribution in [3.63, 3.8) is 0 Å². The Kier molecular flexibility index (Phi) is 11.0. The minimum Gasteiger partial charge on any atom is -0.300 e. The Morgan fingerprint density at radius 2 is 1.45 bits per heavy atom. The average molecular weight is 158 g/mol. The number of carbonyl (C=O) groups is 2. The maximum absolute atomic E-state index is 10.2. The lowest BCUT2D eigenvalue weighted by molar-refractivity contribution is -0.117. The molecule has 0 aromatic heterocycles. The summed E-state index contributed by atoms with van der Waals surface area (Å²) in [6.45, 7) is 6.78. The zero-order valence-electron chi connectivity index (χ0n) is 7.94. The van der Waals surface area contributed by atoms with Crippen LogP contribution in [-0.4, -0.2) is 11.6 Å². The highest BCUT2D eigenvalue weighted by Crippen LogP contribution is 1.92. The van der Waals surface area contributed by atoms with Gasteiger partial charge in [0.15, 0.2) is 0 Å². The first-order valence-corrected chi connectivity index (χ1v) is 3.97. The number of Topliss-reactive ketones (excluding diaryl/α,β-unsaturated/α-hetero) is 2. The molecular formula is C9H18O2. The predicted octanol–water partition coefficient (Wildman–Crippen LogP) is 2.36. The molecule has 0 amide bonds. The van der Waals surface area contributed by atoms with Crippen LogP contribution in [0.25, 0.3) is 0 Å². The molecule has 0 fully saturated rings. The van der Waals surface area contributed by atoms with Crippen LogP contribution < -0.4 is 0 Å². The number of unbranched alkanes of at least 4 members (excludes halogenated alkanes) is 1. The molecule has 0 aliphatic rings. The fraction of sp³-hybridized carbons (Fsp3) is 0.778. The van der Waals surface area contributed by atoms with Crippen LogP contribution in [0.2, 0.25) is 0 Å². The molecule has 0 saturated heterocycles. The van der Waals surface area contributed by atoms with Crippen molar-refractivity contribution in [1.29, 1.82) is 0 Å². The standard InChI is InChI=1S/C6H12O.C3H6O/c1-3-4-5-6(2)7;1-3(2)4/h3-5H2,1-2H3;1-2H3. The van der Waals surface area contributed by atoms with Gasteiger partial charge in [-0.05, 0) is 27.2 Å². The smallest absolute Gasteiger partial charge is 0.129 e. The summed E-state index contributed by atoms with van der Waals surface area (Å²) in [7, 11) is 0. The fourth-order valence-corrected chi connectivity index (χ4v) is 0.426. The fourth-order valence-electron chi connectivity index (χ4n) is 0.426. The molecule has 0 rings (SSSR count). The Bertz CT molecular complexity index is 113. The van der Waals surface area contributed by atoms with E-state index < -0.39 is 0 Å². The van der Waals surface area contributed by atoms with Crippen molar-refractivity contribution >= 4 is 11.6 Å². The monoisotopic (exact) mass is 158 g/mol. The van der Waals surface area contributed by atoms with E-state index in [1.54, 1.807) is 6.92 Å². The van der Waals surface area contributed by atoms with Crippen LogP contribution in [0.1, 0.15) is 47.0 Å². The maximum atomic E-state index is 10.2. The molecule has 0 spiro atoms. The molecule has 0 N–H and O–H groups in total. The predicted molar refractivity (Wildman–Crippen MR) is 46.6 cm³/mol. The second kappa shape index (κ2) is 9.34. The molecule has 0 atom stereocenters. The minimum atomic E-state index is 0.167. The Balaban J connectivity index is 0. The van der Waals surface area contributed by atoms with Crippen LogP contribution in [0.5, 0.6) is 0 Å². The molecular weight excluding hydrogens is 140 g/mol. The summed E-state index contributed by atoms with van der Waals surface area (Å²) in [5, 5.41) is 0. The zero-order valence-corrected chi connectivity index (χ0v) is 7.94. The molecule has 0 aliphatic heterocycles. The molecule has 0 saturated carbocycles. The van der Waals surface area contributed by atoms with Gasteiger partial charge in [0.05, 0.1) is 0 Å². The van der Waals surface area contributed by atoms with Gasteiger partial charge in [-0.25, -0.2) is 0 Å². The molecule has 0 heterocycles. The lowest BCUT2D eigenvalue weighted by Gasteiger charge is -1.86. The van der Waals surface area contributed by atoms with E-state index >= 15 is 0 Å². The second-order valence-electron chi connectivity index (χ2n) is 2.71. The highest BCUT2D eigenvalue weighted by molar-refractivity contribution is 5.75. The van der Waals surface area contributed by atoms with Crippen LogP contribution in [0.4, 0.5) is 0 Å². The van der Waals surface area contributed by atoms with Crippen molar-refractivity contribution in [1.82, 2.24) is 0 Å². The first kappa shape index (κ1) is 13.0. The van der Waals surface area contributed by atoms with Crippen molar-refractivity contribution in [2.24, 2.45) is 0 Å². The van der Waals surface area contributed by atoms with E-state index in [-0.39, 0.29) is 5.78 Å². The van der Waals surface area contributed by atoms with Crippen molar-refractivity contribution in [2.45, 2.75) is 47.0 Å². The van der Waals surface area contributed by atoms with Crippen LogP contribution in [-0.2, 0) is 9.59 Å². The maximum Gasteiger partial charge on any atom is 0.129 e. The van der Waals surface area contributed by atoms with E-state index in [1.165, 1.54) is 13.8 Å². The highest BCUT2D eigenvalue weighted by Gasteiger charge is 1.87. The molecule has 0 radical (unpaired) electrons. The Hall–Kier alpha value is -0.660. The molecule has 0 unspecified atom stereocenters. The van der Waals surface area contributed by atoms with Crippen LogP contribution in [0.3, 0.4) is 0 Å². The van der Waals surface area contributed by atoms with Gasteiger partial charge in [-0.15, -0.1) is 0 Å². The van der Waals surface area contributed by atoms with Gasteiger partial charge >= 0.3 is 0 Å². The largest absolute Gasteiger partial charge is 0.300 e. The number of ketones is 2. The van der Waals surface area contributed by atoms with E-state index in [9.17, 15) is 9.59 Å². The molecule has 11 heavy (non-hydrogen) atoms. The second-order valence-corrected chi connectivity index (χ2v) is 2.71. The summed E-state index contributed by atoms with van der Waals surface area (Å²) in [4.78, 5) is 19.6. The normalized spacial score (nSPS) is 8.00. The number of hydrogen-bond donors (Lipinski definition) is 0. The summed E-state index contributed by atoms with van der Waals surface area (Å²) in [5.74, 6) is 0.474. The third kappa shape index (κ3) is 45.1. The molecule has 0 aromatic carbocycles. The van der Waals surface area contributed by atoms with Gasteiger partial charge in [-0.2, -0.15) is 0 Å². The molecule has 0 aromatic rings. The quantitative estimate of drug-likeness (QED) is 0.631. The molecule has 0 bridgehead atoms. The van der Waals surface area contributed by atoms with Crippen molar-refractivity contribution in [3.8, 4) is 0 Å². The Morgan fingerprint density at radius 3 is 1.55 bits per heavy atom. The number of hydrogen-bond acceptors (Lipinski definition) is 2. The Morgan fingerprint density at radius 1 is 1.09 bits per heavy atom. The lowest BCUT2D eigenvalue weighted by atomic mass is 10.2. The number of carbonyl (C=O) groups excluding carboxylic acids is 2. The van der Waals surface area contributed by atoms with Crippen molar-refractivity contribution < 1.29 is 9.59 Å². The third-order valence-corrected chi connectivity index (χ3v) is 0.882. The van der Waals surface area contributed by atoms with Crippen molar-refractivity contribution in [2.75, 3.05) is 0 Å². The summed E-state index contributed by atoms with van der Waals surface area (Å²) < 4.78 is 0. The van der Waals surface area contributed by atoms with Gasteiger partial charge in [0.2, 0.25) is 0 Å². The van der Waals surface area contributed by atoms with Gasteiger partial charge in [0.25, 0.3) is 0 Å². The van der Waals surface area contributed by atoms with Gasteiger partial charge in [0.1, 0.15) is 11.6 Å². The first-order chi connectivity index (χ1) is 5.00. The van der Waals surface area contributed by atoms with E-state index in [0.29, 0.717) is 5.78 Å². The van der Waals surface area contributed by atoms with Crippen LogP contribution >= 0.6 is 0 Å². The zero-order chi connectivity index (χ0) is 9.28. The summed E-state index contributed by atoms with van der Waals surface area (Å²) in [5.41, 5.74) is 0. The topological polar surface area (TPSA) is 34.1 Å². The number of rotatable bonds is 3. The molecule has 66 valence electrons. The van der Waals surface area contributed by atoms with Gasteiger partial charge in [-0.1, -0.05) is 13.3 Å². The lowest BCUT2D eigenvalue weighted by Crippen LogP contribution is -1.86. The van der Waals surface area contributed by atoms with Crippen molar-refractivity contribution in [3.05, 3.63) is 0 Å². The summed E-state index contributed by atoms with van der Waals surface area (Å²) in [6.07, 6.45) is 2.94. The van der Waals surface area contributed by atoms with Crippen LogP contribution in [0.15, 0.2) is 0 Å².